The van der Waals surface area contributed by atoms with Crippen molar-refractivity contribution in [2.24, 2.45) is 11.7 Å². The third kappa shape index (κ3) is 2.84. The Hall–Kier alpha value is -1.20. The third-order valence-corrected chi connectivity index (χ3v) is 4.84. The summed E-state index contributed by atoms with van der Waals surface area (Å²) in [5.74, 6) is -2.06. The molecule has 3 rings (SSSR count). The van der Waals surface area contributed by atoms with Crippen molar-refractivity contribution >= 4 is 24.0 Å². The van der Waals surface area contributed by atoms with Crippen LogP contribution in [0.1, 0.15) is 38.2 Å². The molecule has 0 radical (unpaired) electrons. The Morgan fingerprint density at radius 3 is 2.68 bits per heavy atom. The van der Waals surface area contributed by atoms with Crippen molar-refractivity contribution < 1.29 is 13.6 Å². The van der Waals surface area contributed by atoms with E-state index in [0.717, 1.165) is 31.7 Å². The van der Waals surface area contributed by atoms with Crippen molar-refractivity contribution in [3.05, 3.63) is 29.3 Å². The molecule has 1 aliphatic carbocycles. The van der Waals surface area contributed by atoms with Gasteiger partial charge >= 0.3 is 0 Å². The van der Waals surface area contributed by atoms with E-state index in [1.165, 1.54) is 6.07 Å². The number of carbonyl (C=O) groups is 1. The second-order valence-electron chi connectivity index (χ2n) is 6.44. The molecule has 2 aliphatic rings. The van der Waals surface area contributed by atoms with Gasteiger partial charge in [0.1, 0.15) is 0 Å². The van der Waals surface area contributed by atoms with Crippen LogP contribution in [0.3, 0.4) is 0 Å². The minimum absolute atomic E-state index is 0. The molecular weight excluding hydrogens is 310 g/mol. The summed E-state index contributed by atoms with van der Waals surface area (Å²) in [5.41, 5.74) is 6.96. The van der Waals surface area contributed by atoms with Crippen LogP contribution in [0.15, 0.2) is 12.1 Å². The molecule has 2 unspecified atom stereocenters. The fraction of sp³-hybridized carbons (Fsp3) is 0.562. The van der Waals surface area contributed by atoms with Gasteiger partial charge in [0.05, 0.1) is 11.6 Å². The summed E-state index contributed by atoms with van der Waals surface area (Å²) in [4.78, 5) is 14.4. The Balaban J connectivity index is 0.00000176. The van der Waals surface area contributed by atoms with Crippen LogP contribution in [-0.2, 0) is 11.2 Å². The standard InChI is InChI=1S/C16H20F2N2O.ClH/c1-16(19)6-3-2-4-11(16)15(21)20-7-5-10-8-12(17)13(18)9-14(10)20;/h8-9,11H,2-7,19H2,1H3;1H. The van der Waals surface area contributed by atoms with Crippen molar-refractivity contribution in [3.63, 3.8) is 0 Å². The van der Waals surface area contributed by atoms with E-state index in [2.05, 4.69) is 0 Å². The fourth-order valence-corrected chi connectivity index (χ4v) is 3.56. The molecule has 1 saturated carbocycles. The first kappa shape index (κ1) is 17.2. The van der Waals surface area contributed by atoms with Crippen LogP contribution in [0, 0.1) is 17.6 Å². The quantitative estimate of drug-likeness (QED) is 0.859. The molecular formula is C16H21ClF2N2O. The van der Waals surface area contributed by atoms with Gasteiger partial charge in [-0.3, -0.25) is 4.79 Å². The largest absolute Gasteiger partial charge is 0.325 e. The maximum atomic E-state index is 13.5. The van der Waals surface area contributed by atoms with Gasteiger partial charge < -0.3 is 10.6 Å². The molecule has 0 bridgehead atoms. The van der Waals surface area contributed by atoms with Crippen LogP contribution in [0.2, 0.25) is 0 Å². The Morgan fingerprint density at radius 2 is 2.00 bits per heavy atom. The number of halogens is 3. The number of fused-ring (bicyclic) bond motifs is 1. The Kier molecular flexibility index (Phi) is 4.78. The Bertz CT molecular complexity index is 592. The van der Waals surface area contributed by atoms with E-state index in [4.69, 9.17) is 5.73 Å². The zero-order chi connectivity index (χ0) is 15.2. The number of hydrogen-bond acceptors (Lipinski definition) is 2. The van der Waals surface area contributed by atoms with Crippen LogP contribution < -0.4 is 10.6 Å². The van der Waals surface area contributed by atoms with Crippen LogP contribution >= 0.6 is 12.4 Å². The highest BCUT2D eigenvalue weighted by Crippen LogP contribution is 2.37. The van der Waals surface area contributed by atoms with Crippen LogP contribution in [0.5, 0.6) is 0 Å². The monoisotopic (exact) mass is 330 g/mol. The fourth-order valence-electron chi connectivity index (χ4n) is 3.56. The SMILES string of the molecule is CC1(N)CCCCC1C(=O)N1CCc2cc(F)c(F)cc21.Cl. The van der Waals surface area contributed by atoms with Crippen LogP contribution in [-0.4, -0.2) is 18.0 Å². The topological polar surface area (TPSA) is 46.3 Å². The molecule has 1 aromatic rings. The third-order valence-electron chi connectivity index (χ3n) is 4.84. The summed E-state index contributed by atoms with van der Waals surface area (Å²) in [6.07, 6.45) is 4.17. The van der Waals surface area contributed by atoms with Gasteiger partial charge in [-0.25, -0.2) is 8.78 Å². The second-order valence-corrected chi connectivity index (χ2v) is 6.44. The summed E-state index contributed by atoms with van der Waals surface area (Å²) in [6.45, 7) is 2.39. The molecule has 3 nitrogen and oxygen atoms in total. The van der Waals surface area contributed by atoms with E-state index >= 15 is 0 Å². The number of rotatable bonds is 1. The lowest BCUT2D eigenvalue weighted by molar-refractivity contribution is -0.125. The van der Waals surface area contributed by atoms with E-state index in [1.54, 1.807) is 4.90 Å². The van der Waals surface area contributed by atoms with Gasteiger partial charge in [-0.05, 0) is 37.8 Å². The first-order valence-electron chi connectivity index (χ1n) is 7.48. The molecule has 122 valence electrons. The highest BCUT2D eigenvalue weighted by Gasteiger charge is 2.41. The van der Waals surface area contributed by atoms with E-state index < -0.39 is 17.2 Å². The van der Waals surface area contributed by atoms with Gasteiger partial charge in [-0.2, -0.15) is 0 Å². The molecule has 2 N–H and O–H groups in total. The van der Waals surface area contributed by atoms with Gasteiger partial charge in [0.25, 0.3) is 0 Å². The lowest BCUT2D eigenvalue weighted by Gasteiger charge is -2.39. The van der Waals surface area contributed by atoms with Crippen molar-refractivity contribution in [2.45, 2.75) is 44.6 Å². The number of nitrogens with zero attached hydrogens (tertiary/aromatic N) is 1. The average molecular weight is 331 g/mol. The number of carbonyl (C=O) groups excluding carboxylic acids is 1. The first-order valence-corrected chi connectivity index (χ1v) is 7.48. The maximum absolute atomic E-state index is 13.5. The first-order chi connectivity index (χ1) is 9.90. The minimum atomic E-state index is -0.910. The highest BCUT2D eigenvalue weighted by molar-refractivity contribution is 5.97. The summed E-state index contributed by atoms with van der Waals surface area (Å²) in [6, 6.07) is 2.33. The molecule has 1 aromatic carbocycles. The van der Waals surface area contributed by atoms with Gasteiger partial charge in [-0.1, -0.05) is 12.8 Å². The lowest BCUT2D eigenvalue weighted by Crippen LogP contribution is -2.53. The summed E-state index contributed by atoms with van der Waals surface area (Å²) in [5, 5.41) is 0. The lowest BCUT2D eigenvalue weighted by atomic mass is 9.74. The minimum Gasteiger partial charge on any atom is -0.325 e. The molecule has 1 amide bonds. The van der Waals surface area contributed by atoms with E-state index in [9.17, 15) is 13.6 Å². The van der Waals surface area contributed by atoms with E-state index in [-0.39, 0.29) is 24.2 Å². The molecule has 0 aromatic heterocycles. The van der Waals surface area contributed by atoms with E-state index in [1.807, 2.05) is 6.92 Å². The smallest absolute Gasteiger partial charge is 0.231 e. The van der Waals surface area contributed by atoms with Gasteiger partial charge in [0.2, 0.25) is 5.91 Å². The average Bonchev–Trinajstić information content (AvgIpc) is 2.81. The van der Waals surface area contributed by atoms with Gasteiger partial charge in [0, 0.05) is 18.2 Å². The van der Waals surface area contributed by atoms with Crippen molar-refractivity contribution in [1.82, 2.24) is 0 Å². The highest BCUT2D eigenvalue weighted by atomic mass is 35.5. The molecule has 0 saturated heterocycles. The van der Waals surface area contributed by atoms with Crippen molar-refractivity contribution in [1.29, 1.82) is 0 Å². The predicted octanol–water partition coefficient (Wildman–Crippen LogP) is 3.18. The molecule has 6 heteroatoms. The van der Waals surface area contributed by atoms with Gasteiger partial charge in [-0.15, -0.1) is 12.4 Å². The van der Waals surface area contributed by atoms with Crippen molar-refractivity contribution in [2.75, 3.05) is 11.4 Å². The number of hydrogen-bond donors (Lipinski definition) is 1. The van der Waals surface area contributed by atoms with Crippen LogP contribution in [0.4, 0.5) is 14.5 Å². The molecule has 22 heavy (non-hydrogen) atoms. The predicted molar refractivity (Wildman–Crippen MR) is 84.2 cm³/mol. The summed E-state index contributed by atoms with van der Waals surface area (Å²) in [7, 11) is 0. The Morgan fingerprint density at radius 1 is 1.32 bits per heavy atom. The molecule has 0 spiro atoms. The zero-order valence-electron chi connectivity index (χ0n) is 12.6. The zero-order valence-corrected chi connectivity index (χ0v) is 13.4. The Labute approximate surface area is 135 Å². The summed E-state index contributed by atoms with van der Waals surface area (Å²) < 4.78 is 26.7. The molecule has 1 aliphatic heterocycles. The number of anilines is 1. The molecule has 1 heterocycles. The second kappa shape index (κ2) is 6.13. The van der Waals surface area contributed by atoms with Crippen LogP contribution in [0.25, 0.3) is 0 Å². The molecule has 2 atom stereocenters. The molecule has 1 fully saturated rings. The number of amides is 1. The number of benzene rings is 1. The number of nitrogens with two attached hydrogens (primary N) is 1. The normalized spacial score (nSPS) is 27.3. The van der Waals surface area contributed by atoms with E-state index in [0.29, 0.717) is 24.2 Å². The van der Waals surface area contributed by atoms with Crippen molar-refractivity contribution in [3.8, 4) is 0 Å². The summed E-state index contributed by atoms with van der Waals surface area (Å²) >= 11 is 0. The maximum Gasteiger partial charge on any atom is 0.231 e. The van der Waals surface area contributed by atoms with Gasteiger partial charge in [0.15, 0.2) is 11.6 Å².